The zero-order valence-electron chi connectivity index (χ0n) is 12.1. The SMILES string of the molecule is CC(C)(CCNC(=O)C1(C)CCCS1)CCC(=O)O. The third-order valence-corrected chi connectivity index (χ3v) is 5.32. The second-order valence-electron chi connectivity index (χ2n) is 6.25. The summed E-state index contributed by atoms with van der Waals surface area (Å²) in [6.45, 7) is 6.74. The smallest absolute Gasteiger partial charge is 0.303 e. The molecular weight excluding hydrogens is 262 g/mol. The molecule has 1 rings (SSSR count). The summed E-state index contributed by atoms with van der Waals surface area (Å²) in [5, 5.41) is 11.7. The molecule has 1 unspecified atom stereocenters. The average Bonchev–Trinajstić information content (AvgIpc) is 2.75. The van der Waals surface area contributed by atoms with Gasteiger partial charge in [-0.05, 0) is 43.8 Å². The van der Waals surface area contributed by atoms with Crippen molar-refractivity contribution in [2.75, 3.05) is 12.3 Å². The molecule has 19 heavy (non-hydrogen) atoms. The van der Waals surface area contributed by atoms with E-state index in [0.29, 0.717) is 13.0 Å². The van der Waals surface area contributed by atoms with Crippen molar-refractivity contribution in [3.63, 3.8) is 0 Å². The van der Waals surface area contributed by atoms with Gasteiger partial charge in [0.05, 0.1) is 4.75 Å². The quantitative estimate of drug-likeness (QED) is 0.755. The number of hydrogen-bond donors (Lipinski definition) is 2. The third kappa shape index (κ3) is 5.43. The Hall–Kier alpha value is -0.710. The van der Waals surface area contributed by atoms with Gasteiger partial charge in [0.25, 0.3) is 0 Å². The summed E-state index contributed by atoms with van der Waals surface area (Å²) in [6, 6.07) is 0. The minimum atomic E-state index is -0.757. The van der Waals surface area contributed by atoms with Crippen LogP contribution in [0.3, 0.4) is 0 Å². The summed E-state index contributed by atoms with van der Waals surface area (Å²) in [7, 11) is 0. The van der Waals surface area contributed by atoms with Gasteiger partial charge in [0, 0.05) is 13.0 Å². The normalized spacial score (nSPS) is 23.3. The summed E-state index contributed by atoms with van der Waals surface area (Å²) in [5.74, 6) is 0.435. The molecule has 2 N–H and O–H groups in total. The first-order valence-electron chi connectivity index (χ1n) is 6.89. The lowest BCUT2D eigenvalue weighted by Gasteiger charge is -2.26. The van der Waals surface area contributed by atoms with Crippen LogP contribution in [0, 0.1) is 5.41 Å². The van der Waals surface area contributed by atoms with Crippen molar-refractivity contribution in [3.8, 4) is 0 Å². The number of hydrogen-bond acceptors (Lipinski definition) is 3. The van der Waals surface area contributed by atoms with Gasteiger partial charge in [0.1, 0.15) is 0 Å². The zero-order chi connectivity index (χ0) is 14.5. The van der Waals surface area contributed by atoms with Crippen molar-refractivity contribution in [2.24, 2.45) is 5.41 Å². The monoisotopic (exact) mass is 287 g/mol. The van der Waals surface area contributed by atoms with Crippen LogP contribution in [0.2, 0.25) is 0 Å². The van der Waals surface area contributed by atoms with E-state index in [9.17, 15) is 9.59 Å². The fraction of sp³-hybridized carbons (Fsp3) is 0.857. The van der Waals surface area contributed by atoms with Gasteiger partial charge in [-0.25, -0.2) is 0 Å². The summed E-state index contributed by atoms with van der Waals surface area (Å²) in [5.41, 5.74) is -0.0462. The maximum Gasteiger partial charge on any atom is 0.303 e. The van der Waals surface area contributed by atoms with Crippen LogP contribution in [0.1, 0.15) is 52.9 Å². The lowest BCUT2D eigenvalue weighted by molar-refractivity contribution is -0.137. The predicted molar refractivity (Wildman–Crippen MR) is 78.4 cm³/mol. The third-order valence-electron chi connectivity index (χ3n) is 3.80. The maximum atomic E-state index is 12.1. The number of rotatable bonds is 7. The Morgan fingerprint density at radius 2 is 2.05 bits per heavy atom. The molecule has 0 saturated carbocycles. The van der Waals surface area contributed by atoms with Crippen molar-refractivity contribution in [1.82, 2.24) is 5.32 Å². The summed E-state index contributed by atoms with van der Waals surface area (Å²) < 4.78 is -0.259. The molecule has 0 bridgehead atoms. The number of nitrogens with one attached hydrogen (secondary N) is 1. The first-order chi connectivity index (χ1) is 8.75. The van der Waals surface area contributed by atoms with E-state index in [1.807, 2.05) is 20.8 Å². The molecule has 5 heteroatoms. The second-order valence-corrected chi connectivity index (χ2v) is 7.84. The minimum Gasteiger partial charge on any atom is -0.481 e. The van der Waals surface area contributed by atoms with E-state index in [1.54, 1.807) is 11.8 Å². The van der Waals surface area contributed by atoms with Gasteiger partial charge in [-0.15, -0.1) is 11.8 Å². The van der Waals surface area contributed by atoms with Crippen LogP contribution in [0.4, 0.5) is 0 Å². The van der Waals surface area contributed by atoms with Crippen LogP contribution >= 0.6 is 11.8 Å². The van der Waals surface area contributed by atoms with E-state index in [-0.39, 0.29) is 22.5 Å². The van der Waals surface area contributed by atoms with Gasteiger partial charge in [-0.1, -0.05) is 13.8 Å². The van der Waals surface area contributed by atoms with Crippen molar-refractivity contribution in [1.29, 1.82) is 0 Å². The Labute approximate surface area is 119 Å². The molecule has 110 valence electrons. The molecule has 0 aromatic carbocycles. The van der Waals surface area contributed by atoms with Crippen molar-refractivity contribution in [3.05, 3.63) is 0 Å². The number of amides is 1. The molecule has 0 aliphatic carbocycles. The van der Waals surface area contributed by atoms with Crippen LogP contribution in [0.25, 0.3) is 0 Å². The molecule has 0 radical (unpaired) electrons. The van der Waals surface area contributed by atoms with Crippen LogP contribution in [0.15, 0.2) is 0 Å². The van der Waals surface area contributed by atoms with E-state index >= 15 is 0 Å². The van der Waals surface area contributed by atoms with Gasteiger partial charge in [-0.2, -0.15) is 0 Å². The standard InChI is InChI=1S/C14H25NO3S/c1-13(2,7-5-11(16)17)8-9-15-12(18)14(3)6-4-10-19-14/h4-10H2,1-3H3,(H,15,18)(H,16,17). The minimum absolute atomic E-state index is 0.0462. The second kappa shape index (κ2) is 6.64. The number of carboxylic acids is 1. The number of aliphatic carboxylic acids is 1. The summed E-state index contributed by atoms with van der Waals surface area (Å²) in [4.78, 5) is 22.7. The zero-order valence-corrected chi connectivity index (χ0v) is 12.9. The lowest BCUT2D eigenvalue weighted by atomic mass is 9.84. The molecule has 1 atom stereocenters. The van der Waals surface area contributed by atoms with Crippen LogP contribution in [-0.4, -0.2) is 34.0 Å². The predicted octanol–water partition coefficient (Wildman–Crippen LogP) is 2.67. The summed E-state index contributed by atoms with van der Waals surface area (Å²) in [6.07, 6.45) is 3.70. The molecule has 4 nitrogen and oxygen atoms in total. The first kappa shape index (κ1) is 16.3. The van der Waals surface area contributed by atoms with E-state index in [2.05, 4.69) is 5.32 Å². The van der Waals surface area contributed by atoms with Crippen LogP contribution < -0.4 is 5.32 Å². The van der Waals surface area contributed by atoms with E-state index < -0.39 is 5.97 Å². The highest BCUT2D eigenvalue weighted by Crippen LogP contribution is 2.37. The lowest BCUT2D eigenvalue weighted by Crippen LogP contribution is -2.41. The molecule has 0 aromatic rings. The molecule has 1 heterocycles. The Morgan fingerprint density at radius 3 is 2.58 bits per heavy atom. The molecule has 0 aromatic heterocycles. The van der Waals surface area contributed by atoms with E-state index in [4.69, 9.17) is 5.11 Å². The first-order valence-corrected chi connectivity index (χ1v) is 7.88. The van der Waals surface area contributed by atoms with Gasteiger partial charge in [0.2, 0.25) is 5.91 Å². The number of thioether (sulfide) groups is 1. The summed E-state index contributed by atoms with van der Waals surface area (Å²) >= 11 is 1.74. The molecule has 1 saturated heterocycles. The van der Waals surface area contributed by atoms with Crippen LogP contribution in [-0.2, 0) is 9.59 Å². The van der Waals surface area contributed by atoms with Crippen molar-refractivity contribution < 1.29 is 14.7 Å². The van der Waals surface area contributed by atoms with Crippen LogP contribution in [0.5, 0.6) is 0 Å². The molecule has 0 spiro atoms. The van der Waals surface area contributed by atoms with Gasteiger partial charge < -0.3 is 10.4 Å². The Morgan fingerprint density at radius 1 is 1.37 bits per heavy atom. The number of carbonyl (C=O) groups is 2. The Balaban J connectivity index is 2.29. The molecule has 1 aliphatic rings. The van der Waals surface area contributed by atoms with Gasteiger partial charge in [0.15, 0.2) is 0 Å². The maximum absolute atomic E-state index is 12.1. The largest absolute Gasteiger partial charge is 0.481 e. The fourth-order valence-electron chi connectivity index (χ4n) is 2.23. The number of carbonyl (C=O) groups excluding carboxylic acids is 1. The van der Waals surface area contributed by atoms with Crippen molar-refractivity contribution >= 4 is 23.6 Å². The highest BCUT2D eigenvalue weighted by molar-refractivity contribution is 8.01. The Bertz CT molecular complexity index is 336. The average molecular weight is 287 g/mol. The van der Waals surface area contributed by atoms with Gasteiger partial charge >= 0.3 is 5.97 Å². The highest BCUT2D eigenvalue weighted by atomic mass is 32.2. The van der Waals surface area contributed by atoms with Gasteiger partial charge in [-0.3, -0.25) is 9.59 Å². The van der Waals surface area contributed by atoms with E-state index in [1.165, 1.54) is 0 Å². The van der Waals surface area contributed by atoms with Crippen molar-refractivity contribution in [2.45, 2.75) is 57.6 Å². The molecule has 1 aliphatic heterocycles. The fourth-order valence-corrected chi connectivity index (χ4v) is 3.46. The number of carboxylic acid groups (broad SMARTS) is 1. The molecular formula is C14H25NO3S. The highest BCUT2D eigenvalue weighted by Gasteiger charge is 2.37. The Kier molecular flexibility index (Phi) is 5.71. The molecule has 1 fully saturated rings. The van der Waals surface area contributed by atoms with E-state index in [0.717, 1.165) is 25.0 Å². The molecule has 1 amide bonds. The topological polar surface area (TPSA) is 66.4 Å².